The molecule has 0 aliphatic heterocycles. The van der Waals surface area contributed by atoms with Gasteiger partial charge >= 0.3 is 0 Å². The largest absolute Gasteiger partial charge is 0.468 e. The molecule has 3 heterocycles. The zero-order chi connectivity index (χ0) is 14.9. The van der Waals surface area contributed by atoms with E-state index in [4.69, 9.17) is 4.42 Å². The van der Waals surface area contributed by atoms with E-state index >= 15 is 0 Å². The number of aryl methyl sites for hydroxylation is 2. The SMILES string of the molecule is O=c1[nH]c(CNCc2ccco2)nc2sc3c(c12)CCCC3. The molecule has 1 aliphatic rings. The lowest BCUT2D eigenvalue weighted by Crippen LogP contribution is -2.19. The predicted molar refractivity (Wildman–Crippen MR) is 86.1 cm³/mol. The third kappa shape index (κ3) is 2.48. The number of H-pyrrole nitrogens is 1. The summed E-state index contributed by atoms with van der Waals surface area (Å²) in [5.41, 5.74) is 1.23. The van der Waals surface area contributed by atoms with E-state index in [-0.39, 0.29) is 5.56 Å². The molecule has 6 heteroatoms. The molecule has 4 rings (SSSR count). The van der Waals surface area contributed by atoms with Gasteiger partial charge in [0.2, 0.25) is 0 Å². The fourth-order valence-electron chi connectivity index (χ4n) is 3.01. The Kier molecular flexibility index (Phi) is 3.56. The highest BCUT2D eigenvalue weighted by Crippen LogP contribution is 2.33. The molecule has 0 atom stereocenters. The van der Waals surface area contributed by atoms with Crippen molar-refractivity contribution < 1.29 is 4.42 Å². The van der Waals surface area contributed by atoms with Crippen molar-refractivity contribution in [2.24, 2.45) is 0 Å². The monoisotopic (exact) mass is 315 g/mol. The number of hydrogen-bond donors (Lipinski definition) is 2. The average Bonchev–Trinajstić information content (AvgIpc) is 3.14. The standard InChI is InChI=1S/C16H17N3O2S/c20-15-14-11-5-1-2-6-12(11)22-16(14)19-13(18-15)9-17-8-10-4-3-7-21-10/h3-4,7,17H,1-2,5-6,8-9H2,(H,18,19,20). The molecular weight excluding hydrogens is 298 g/mol. The molecule has 0 spiro atoms. The van der Waals surface area contributed by atoms with Crippen LogP contribution in [0.15, 0.2) is 27.6 Å². The molecule has 0 saturated heterocycles. The van der Waals surface area contributed by atoms with Gasteiger partial charge in [0, 0.05) is 4.88 Å². The molecule has 0 aromatic carbocycles. The number of nitrogens with one attached hydrogen (secondary N) is 2. The summed E-state index contributed by atoms with van der Waals surface area (Å²) < 4.78 is 5.27. The Balaban J connectivity index is 1.58. The normalized spacial score (nSPS) is 14.4. The van der Waals surface area contributed by atoms with E-state index in [0.29, 0.717) is 18.9 Å². The number of fused-ring (bicyclic) bond motifs is 3. The van der Waals surface area contributed by atoms with E-state index in [9.17, 15) is 4.79 Å². The number of nitrogens with zero attached hydrogens (tertiary/aromatic N) is 1. The van der Waals surface area contributed by atoms with Crippen molar-refractivity contribution in [3.05, 3.63) is 50.8 Å². The Labute approximate surface area is 131 Å². The maximum atomic E-state index is 12.4. The maximum Gasteiger partial charge on any atom is 0.259 e. The molecule has 0 bridgehead atoms. The molecule has 3 aromatic rings. The molecule has 0 amide bonds. The van der Waals surface area contributed by atoms with Gasteiger partial charge in [0.25, 0.3) is 5.56 Å². The smallest absolute Gasteiger partial charge is 0.259 e. The van der Waals surface area contributed by atoms with Crippen molar-refractivity contribution in [3.8, 4) is 0 Å². The summed E-state index contributed by atoms with van der Waals surface area (Å²) >= 11 is 1.68. The first kappa shape index (κ1) is 13.7. The van der Waals surface area contributed by atoms with Crippen LogP contribution < -0.4 is 10.9 Å². The Bertz CT molecular complexity index is 848. The van der Waals surface area contributed by atoms with Crippen LogP contribution in [0.25, 0.3) is 10.2 Å². The fourth-order valence-corrected chi connectivity index (χ4v) is 4.29. The topological polar surface area (TPSA) is 70.9 Å². The van der Waals surface area contributed by atoms with Gasteiger partial charge in [0.1, 0.15) is 16.4 Å². The van der Waals surface area contributed by atoms with Crippen LogP contribution in [-0.4, -0.2) is 9.97 Å². The van der Waals surface area contributed by atoms with Crippen molar-refractivity contribution in [2.45, 2.75) is 38.8 Å². The molecular formula is C16H17N3O2S. The fraction of sp³-hybridized carbons (Fsp3) is 0.375. The second kappa shape index (κ2) is 5.70. The zero-order valence-corrected chi connectivity index (χ0v) is 13.0. The van der Waals surface area contributed by atoms with E-state index in [0.717, 1.165) is 28.8 Å². The summed E-state index contributed by atoms with van der Waals surface area (Å²) in [5, 5.41) is 4.05. The van der Waals surface area contributed by atoms with E-state index in [2.05, 4.69) is 15.3 Å². The van der Waals surface area contributed by atoms with E-state index in [1.54, 1.807) is 17.6 Å². The van der Waals surface area contributed by atoms with Crippen molar-refractivity contribution >= 4 is 21.6 Å². The van der Waals surface area contributed by atoms with Crippen LogP contribution in [0.4, 0.5) is 0 Å². The van der Waals surface area contributed by atoms with E-state index in [1.165, 1.54) is 23.3 Å². The third-order valence-corrected chi connectivity index (χ3v) is 5.23. The predicted octanol–water partition coefficient (Wildman–Crippen LogP) is 2.75. The van der Waals surface area contributed by atoms with Crippen molar-refractivity contribution in [2.75, 3.05) is 0 Å². The van der Waals surface area contributed by atoms with E-state index in [1.807, 2.05) is 12.1 Å². The van der Waals surface area contributed by atoms with Gasteiger partial charge in [-0.2, -0.15) is 0 Å². The number of thiophene rings is 1. The molecule has 5 nitrogen and oxygen atoms in total. The van der Waals surface area contributed by atoms with Crippen LogP contribution in [0.1, 0.15) is 34.9 Å². The lowest BCUT2D eigenvalue weighted by Gasteiger charge is -2.09. The summed E-state index contributed by atoms with van der Waals surface area (Å²) in [6.07, 6.45) is 6.14. The molecule has 1 aliphatic carbocycles. The van der Waals surface area contributed by atoms with Crippen LogP contribution in [0.3, 0.4) is 0 Å². The quantitative estimate of drug-likeness (QED) is 0.776. The Morgan fingerprint density at radius 3 is 3.09 bits per heavy atom. The molecule has 2 N–H and O–H groups in total. The molecule has 114 valence electrons. The van der Waals surface area contributed by atoms with Crippen molar-refractivity contribution in [1.29, 1.82) is 0 Å². The first-order valence-corrected chi connectivity index (χ1v) is 8.39. The van der Waals surface area contributed by atoms with Gasteiger partial charge in [-0.1, -0.05) is 0 Å². The molecule has 0 fully saturated rings. The minimum atomic E-state index is -0.000742. The Morgan fingerprint density at radius 2 is 2.23 bits per heavy atom. The first-order chi connectivity index (χ1) is 10.8. The Hall–Kier alpha value is -1.92. The average molecular weight is 315 g/mol. The minimum Gasteiger partial charge on any atom is -0.468 e. The second-order valence-corrected chi connectivity index (χ2v) is 6.67. The van der Waals surface area contributed by atoms with Crippen molar-refractivity contribution in [1.82, 2.24) is 15.3 Å². The summed E-state index contributed by atoms with van der Waals surface area (Å²) in [7, 11) is 0. The zero-order valence-electron chi connectivity index (χ0n) is 12.1. The number of aromatic nitrogens is 2. The molecule has 0 unspecified atom stereocenters. The van der Waals surface area contributed by atoms with Crippen LogP contribution >= 0.6 is 11.3 Å². The van der Waals surface area contributed by atoms with Crippen LogP contribution in [0.5, 0.6) is 0 Å². The lowest BCUT2D eigenvalue weighted by molar-refractivity contribution is 0.480. The van der Waals surface area contributed by atoms with Crippen LogP contribution in [0, 0.1) is 0 Å². The maximum absolute atomic E-state index is 12.4. The van der Waals surface area contributed by atoms with Gasteiger partial charge in [-0.3, -0.25) is 4.79 Å². The highest BCUT2D eigenvalue weighted by atomic mass is 32.1. The van der Waals surface area contributed by atoms with Gasteiger partial charge in [0.15, 0.2) is 0 Å². The lowest BCUT2D eigenvalue weighted by atomic mass is 9.97. The van der Waals surface area contributed by atoms with Crippen LogP contribution in [0.2, 0.25) is 0 Å². The third-order valence-electron chi connectivity index (χ3n) is 4.05. The number of furan rings is 1. The molecule has 3 aromatic heterocycles. The second-order valence-electron chi connectivity index (χ2n) is 5.59. The summed E-state index contributed by atoms with van der Waals surface area (Å²) in [4.78, 5) is 22.2. The van der Waals surface area contributed by atoms with Gasteiger partial charge in [-0.25, -0.2) is 4.98 Å². The highest BCUT2D eigenvalue weighted by Gasteiger charge is 2.19. The molecule has 0 radical (unpaired) electrons. The minimum absolute atomic E-state index is 0.000742. The van der Waals surface area contributed by atoms with Gasteiger partial charge in [-0.15, -0.1) is 11.3 Å². The van der Waals surface area contributed by atoms with Gasteiger partial charge in [0.05, 0.1) is 24.7 Å². The molecule has 22 heavy (non-hydrogen) atoms. The molecule has 0 saturated carbocycles. The summed E-state index contributed by atoms with van der Waals surface area (Å²) in [6, 6.07) is 3.78. The Morgan fingerprint density at radius 1 is 1.32 bits per heavy atom. The number of aromatic amines is 1. The highest BCUT2D eigenvalue weighted by molar-refractivity contribution is 7.18. The summed E-state index contributed by atoms with van der Waals surface area (Å²) in [6.45, 7) is 1.14. The first-order valence-electron chi connectivity index (χ1n) is 7.58. The van der Waals surface area contributed by atoms with Gasteiger partial charge < -0.3 is 14.7 Å². The summed E-state index contributed by atoms with van der Waals surface area (Å²) in [5.74, 6) is 1.55. The number of rotatable bonds is 4. The van der Waals surface area contributed by atoms with Crippen molar-refractivity contribution in [3.63, 3.8) is 0 Å². The van der Waals surface area contributed by atoms with E-state index < -0.39 is 0 Å². The van der Waals surface area contributed by atoms with Crippen LogP contribution in [-0.2, 0) is 25.9 Å². The van der Waals surface area contributed by atoms with Gasteiger partial charge in [-0.05, 0) is 43.4 Å². The number of hydrogen-bond acceptors (Lipinski definition) is 5.